The fourth-order valence-corrected chi connectivity index (χ4v) is 4.62. The Labute approximate surface area is 186 Å². The van der Waals surface area contributed by atoms with E-state index in [9.17, 15) is 23.1 Å². The highest BCUT2D eigenvalue weighted by molar-refractivity contribution is 7.89. The monoisotopic (exact) mass is 456 g/mol. The van der Waals surface area contributed by atoms with E-state index in [1.54, 1.807) is 19.9 Å². The Bertz CT molecular complexity index is 1270. The van der Waals surface area contributed by atoms with Gasteiger partial charge in [-0.05, 0) is 24.3 Å². The summed E-state index contributed by atoms with van der Waals surface area (Å²) in [5, 5.41) is 16.8. The Morgan fingerprint density at radius 3 is 2.41 bits per heavy atom. The second-order valence-corrected chi connectivity index (χ2v) is 8.83. The van der Waals surface area contributed by atoms with Crippen LogP contribution in [0.25, 0.3) is 11.3 Å². The Balaban J connectivity index is 1.84. The first kappa shape index (κ1) is 23.2. The molecule has 1 amide bonds. The lowest BCUT2D eigenvalue weighted by Gasteiger charge is -2.19. The quantitative estimate of drug-likeness (QED) is 0.502. The van der Waals surface area contributed by atoms with Gasteiger partial charge in [0, 0.05) is 24.7 Å². The Kier molecular flexibility index (Phi) is 7.06. The summed E-state index contributed by atoms with van der Waals surface area (Å²) in [5.41, 5.74) is 0.763. The summed E-state index contributed by atoms with van der Waals surface area (Å²) in [7, 11) is -3.77. The van der Waals surface area contributed by atoms with Gasteiger partial charge in [0.1, 0.15) is 12.3 Å². The van der Waals surface area contributed by atoms with E-state index in [-0.39, 0.29) is 29.4 Å². The maximum atomic E-state index is 12.7. The topological polar surface area (TPSA) is 122 Å². The van der Waals surface area contributed by atoms with Gasteiger partial charge < -0.3 is 10.4 Å². The van der Waals surface area contributed by atoms with Crippen LogP contribution in [0.3, 0.4) is 0 Å². The average molecular weight is 457 g/mol. The summed E-state index contributed by atoms with van der Waals surface area (Å²) in [5.74, 6) is -0.937. The number of amides is 1. The molecule has 0 radical (unpaired) electrons. The first-order valence-electron chi connectivity index (χ1n) is 10.0. The molecule has 32 heavy (non-hydrogen) atoms. The van der Waals surface area contributed by atoms with Crippen molar-refractivity contribution in [2.75, 3.05) is 18.4 Å². The Morgan fingerprint density at radius 1 is 1.06 bits per heavy atom. The third-order valence-electron chi connectivity index (χ3n) is 4.81. The van der Waals surface area contributed by atoms with Gasteiger partial charge in [-0.3, -0.25) is 9.59 Å². The molecule has 0 fully saturated rings. The average Bonchev–Trinajstić information content (AvgIpc) is 2.78. The second-order valence-electron chi connectivity index (χ2n) is 6.90. The number of benzene rings is 2. The molecular weight excluding hydrogens is 432 g/mol. The zero-order valence-electron chi connectivity index (χ0n) is 17.7. The number of hydrogen-bond acceptors (Lipinski definition) is 6. The smallest absolute Gasteiger partial charge is 0.267 e. The number of hydrogen-bond donors (Lipinski definition) is 2. The highest BCUT2D eigenvalue weighted by atomic mass is 32.2. The fourth-order valence-electron chi connectivity index (χ4n) is 3.14. The molecule has 0 aliphatic heterocycles. The van der Waals surface area contributed by atoms with Crippen molar-refractivity contribution in [1.29, 1.82) is 0 Å². The SMILES string of the molecule is CCN(CC)S(=O)(=O)c1ccc(O)c(NC(=O)Cn2nc(-c3ccccc3)ccc2=O)c1. The van der Waals surface area contributed by atoms with Crippen molar-refractivity contribution >= 4 is 21.6 Å². The van der Waals surface area contributed by atoms with Crippen LogP contribution >= 0.6 is 0 Å². The van der Waals surface area contributed by atoms with Gasteiger partial charge in [-0.2, -0.15) is 9.40 Å². The maximum absolute atomic E-state index is 12.7. The summed E-state index contributed by atoms with van der Waals surface area (Å²) in [6, 6.07) is 15.7. The molecule has 3 rings (SSSR count). The third kappa shape index (κ3) is 5.04. The van der Waals surface area contributed by atoms with E-state index in [1.165, 1.54) is 28.6 Å². The molecule has 0 aliphatic rings. The van der Waals surface area contributed by atoms with E-state index in [0.29, 0.717) is 5.69 Å². The predicted molar refractivity (Wildman–Crippen MR) is 121 cm³/mol. The summed E-state index contributed by atoms with van der Waals surface area (Å²) in [6.45, 7) is 3.60. The molecule has 0 saturated heterocycles. The van der Waals surface area contributed by atoms with Crippen LogP contribution in [0.2, 0.25) is 0 Å². The Morgan fingerprint density at radius 2 is 1.75 bits per heavy atom. The van der Waals surface area contributed by atoms with Crippen LogP contribution in [0.15, 0.2) is 70.4 Å². The number of rotatable bonds is 8. The van der Waals surface area contributed by atoms with Crippen LogP contribution in [0.1, 0.15) is 13.8 Å². The van der Waals surface area contributed by atoms with Crippen LogP contribution in [0.5, 0.6) is 5.75 Å². The molecule has 0 saturated carbocycles. The molecule has 1 aromatic heterocycles. The molecule has 9 nitrogen and oxygen atoms in total. The molecule has 10 heteroatoms. The minimum absolute atomic E-state index is 0.0596. The number of sulfonamides is 1. The van der Waals surface area contributed by atoms with Crippen LogP contribution in [-0.4, -0.2) is 46.6 Å². The van der Waals surface area contributed by atoms with Crippen LogP contribution in [0, 0.1) is 0 Å². The first-order valence-corrected chi connectivity index (χ1v) is 11.5. The van der Waals surface area contributed by atoms with Gasteiger partial charge in [-0.1, -0.05) is 44.2 Å². The predicted octanol–water partition coefficient (Wildman–Crippen LogP) is 2.29. The number of phenolic OH excluding ortho intramolecular Hbond substituents is 1. The highest BCUT2D eigenvalue weighted by Crippen LogP contribution is 2.28. The van der Waals surface area contributed by atoms with Crippen molar-refractivity contribution in [3.8, 4) is 17.0 Å². The van der Waals surface area contributed by atoms with Gasteiger partial charge in [0.2, 0.25) is 15.9 Å². The summed E-state index contributed by atoms with van der Waals surface area (Å²) in [4.78, 5) is 24.7. The highest BCUT2D eigenvalue weighted by Gasteiger charge is 2.23. The number of aromatic nitrogens is 2. The summed E-state index contributed by atoms with van der Waals surface area (Å²) < 4.78 is 27.7. The van der Waals surface area contributed by atoms with E-state index in [0.717, 1.165) is 10.2 Å². The number of nitrogens with zero attached hydrogens (tertiary/aromatic N) is 3. The number of carbonyl (C=O) groups excluding carboxylic acids is 1. The van der Waals surface area contributed by atoms with Crippen molar-refractivity contribution in [3.05, 3.63) is 71.0 Å². The number of phenols is 1. The summed E-state index contributed by atoms with van der Waals surface area (Å²) in [6.07, 6.45) is 0. The minimum Gasteiger partial charge on any atom is -0.506 e. The van der Waals surface area contributed by atoms with E-state index in [2.05, 4.69) is 10.4 Å². The van der Waals surface area contributed by atoms with E-state index in [1.807, 2.05) is 30.3 Å². The number of anilines is 1. The Hall–Kier alpha value is -3.50. The van der Waals surface area contributed by atoms with Gasteiger partial charge in [-0.15, -0.1) is 0 Å². The van der Waals surface area contributed by atoms with Gasteiger partial charge in [0.15, 0.2) is 0 Å². The van der Waals surface area contributed by atoms with Gasteiger partial charge in [-0.25, -0.2) is 13.1 Å². The largest absolute Gasteiger partial charge is 0.506 e. The molecule has 3 aromatic rings. The number of aromatic hydroxyl groups is 1. The van der Waals surface area contributed by atoms with Crippen molar-refractivity contribution in [3.63, 3.8) is 0 Å². The second kappa shape index (κ2) is 9.75. The summed E-state index contributed by atoms with van der Waals surface area (Å²) >= 11 is 0. The van der Waals surface area contributed by atoms with Gasteiger partial charge in [0.25, 0.3) is 5.56 Å². The standard InChI is InChI=1S/C22H24N4O5S/c1-3-25(4-2)32(30,31)17-10-12-20(27)19(14-17)23-21(28)15-26-22(29)13-11-18(24-26)16-8-6-5-7-9-16/h5-14,27H,3-4,15H2,1-2H3,(H,23,28). The van der Waals surface area contributed by atoms with Crippen LogP contribution in [0.4, 0.5) is 5.69 Å². The van der Waals surface area contributed by atoms with Gasteiger partial charge >= 0.3 is 0 Å². The fraction of sp³-hybridized carbons (Fsp3) is 0.227. The van der Waals surface area contributed by atoms with Crippen molar-refractivity contribution in [2.45, 2.75) is 25.3 Å². The molecule has 1 heterocycles. The minimum atomic E-state index is -3.77. The van der Waals surface area contributed by atoms with Crippen molar-refractivity contribution in [2.24, 2.45) is 0 Å². The number of carbonyl (C=O) groups is 1. The van der Waals surface area contributed by atoms with E-state index in [4.69, 9.17) is 0 Å². The third-order valence-corrected chi connectivity index (χ3v) is 6.86. The molecule has 0 bridgehead atoms. The molecule has 0 spiro atoms. The zero-order chi connectivity index (χ0) is 23.3. The van der Waals surface area contributed by atoms with E-state index < -0.39 is 28.0 Å². The van der Waals surface area contributed by atoms with Crippen molar-refractivity contribution < 1.29 is 18.3 Å². The molecule has 2 aromatic carbocycles. The van der Waals surface area contributed by atoms with Crippen LogP contribution in [-0.2, 0) is 21.4 Å². The lowest BCUT2D eigenvalue weighted by molar-refractivity contribution is -0.117. The molecule has 0 aliphatic carbocycles. The normalized spacial score (nSPS) is 11.5. The van der Waals surface area contributed by atoms with Gasteiger partial charge in [0.05, 0.1) is 16.3 Å². The first-order chi connectivity index (χ1) is 15.3. The maximum Gasteiger partial charge on any atom is 0.267 e. The van der Waals surface area contributed by atoms with Crippen LogP contribution < -0.4 is 10.9 Å². The lowest BCUT2D eigenvalue weighted by atomic mass is 10.1. The number of nitrogens with one attached hydrogen (secondary N) is 1. The zero-order valence-corrected chi connectivity index (χ0v) is 18.5. The molecule has 0 unspecified atom stereocenters. The van der Waals surface area contributed by atoms with E-state index >= 15 is 0 Å². The molecule has 2 N–H and O–H groups in total. The molecule has 0 atom stereocenters. The molecular formula is C22H24N4O5S. The molecule has 168 valence electrons. The lowest BCUT2D eigenvalue weighted by Crippen LogP contribution is -2.31. The van der Waals surface area contributed by atoms with Crippen molar-refractivity contribution in [1.82, 2.24) is 14.1 Å².